The Morgan fingerprint density at radius 2 is 2.44 bits per heavy atom. The van der Waals surface area contributed by atoms with Gasteiger partial charge in [0.15, 0.2) is 0 Å². The van der Waals surface area contributed by atoms with Gasteiger partial charge in [0, 0.05) is 32.0 Å². The van der Waals surface area contributed by atoms with Crippen molar-refractivity contribution in [1.29, 1.82) is 0 Å². The van der Waals surface area contributed by atoms with Crippen LogP contribution in [-0.4, -0.2) is 46.5 Å². The fourth-order valence-corrected chi connectivity index (χ4v) is 2.09. The monoisotopic (exact) mass is 222 g/mol. The van der Waals surface area contributed by atoms with Crippen molar-refractivity contribution >= 4 is 5.91 Å². The molecule has 88 valence electrons. The van der Waals surface area contributed by atoms with Crippen LogP contribution < -0.4 is 5.32 Å². The van der Waals surface area contributed by atoms with E-state index in [0.717, 1.165) is 32.5 Å². The quantitative estimate of drug-likeness (QED) is 0.785. The fraction of sp³-hybridized carbons (Fsp3) is 0.636. The molecular formula is C11H18N4O. The molecule has 16 heavy (non-hydrogen) atoms. The van der Waals surface area contributed by atoms with Gasteiger partial charge in [-0.2, -0.15) is 0 Å². The van der Waals surface area contributed by atoms with Crippen molar-refractivity contribution in [3.8, 4) is 0 Å². The molecule has 1 fully saturated rings. The Balaban J connectivity index is 1.87. The summed E-state index contributed by atoms with van der Waals surface area (Å²) in [5.41, 5.74) is 0. The molecule has 0 saturated carbocycles. The molecule has 5 heteroatoms. The van der Waals surface area contributed by atoms with Gasteiger partial charge in [-0.1, -0.05) is 0 Å². The Hall–Kier alpha value is -1.36. The van der Waals surface area contributed by atoms with Crippen LogP contribution in [0.2, 0.25) is 0 Å². The van der Waals surface area contributed by atoms with Gasteiger partial charge in [-0.15, -0.1) is 0 Å². The molecule has 1 N–H and O–H groups in total. The number of nitrogens with zero attached hydrogens (tertiary/aromatic N) is 3. The molecule has 0 bridgehead atoms. The molecule has 1 amide bonds. The van der Waals surface area contributed by atoms with Gasteiger partial charge in [-0.3, -0.25) is 4.79 Å². The molecule has 1 atom stereocenters. The van der Waals surface area contributed by atoms with Gasteiger partial charge in [-0.05, 0) is 19.9 Å². The van der Waals surface area contributed by atoms with Crippen LogP contribution in [0.5, 0.6) is 0 Å². The molecule has 0 aliphatic carbocycles. The number of hydrogen-bond donors (Lipinski definition) is 1. The topological polar surface area (TPSA) is 50.2 Å². The van der Waals surface area contributed by atoms with Crippen LogP contribution in [0.15, 0.2) is 18.7 Å². The van der Waals surface area contributed by atoms with Gasteiger partial charge in [0.2, 0.25) is 5.91 Å². The summed E-state index contributed by atoms with van der Waals surface area (Å²) in [6, 6.07) is 0.0107. The highest BCUT2D eigenvalue weighted by Gasteiger charge is 2.26. The van der Waals surface area contributed by atoms with E-state index in [2.05, 4.69) is 10.3 Å². The number of hydrogen-bond acceptors (Lipinski definition) is 3. The van der Waals surface area contributed by atoms with Crippen molar-refractivity contribution in [3.63, 3.8) is 0 Å². The number of carbonyl (C=O) groups excluding carboxylic acids is 1. The first-order valence-electron chi connectivity index (χ1n) is 5.73. The Bertz CT molecular complexity index is 336. The van der Waals surface area contributed by atoms with Crippen LogP contribution in [0.3, 0.4) is 0 Å². The van der Waals surface area contributed by atoms with Crippen LogP contribution in [0, 0.1) is 0 Å². The summed E-state index contributed by atoms with van der Waals surface area (Å²) in [5.74, 6) is 0.230. The summed E-state index contributed by atoms with van der Waals surface area (Å²) >= 11 is 0. The molecular weight excluding hydrogens is 204 g/mol. The summed E-state index contributed by atoms with van der Waals surface area (Å²) in [6.07, 6.45) is 7.50. The van der Waals surface area contributed by atoms with Gasteiger partial charge in [0.25, 0.3) is 0 Å². The number of likely N-dealkylation sites (N-methyl/N-ethyl adjacent to an activating group) is 1. The van der Waals surface area contributed by atoms with E-state index in [1.165, 1.54) is 0 Å². The summed E-state index contributed by atoms with van der Waals surface area (Å²) in [5, 5.41) is 3.07. The van der Waals surface area contributed by atoms with Gasteiger partial charge in [0.1, 0.15) is 0 Å². The average Bonchev–Trinajstić information content (AvgIpc) is 2.81. The van der Waals surface area contributed by atoms with Crippen molar-refractivity contribution in [2.75, 3.05) is 20.1 Å². The second-order valence-corrected chi connectivity index (χ2v) is 4.11. The van der Waals surface area contributed by atoms with Gasteiger partial charge in [0.05, 0.1) is 12.4 Å². The second kappa shape index (κ2) is 5.12. The van der Waals surface area contributed by atoms with Crippen LogP contribution in [0.1, 0.15) is 12.8 Å². The maximum Gasteiger partial charge on any atom is 0.239 e. The van der Waals surface area contributed by atoms with E-state index in [9.17, 15) is 4.79 Å². The SMILES string of the molecule is CNC1CCCN(CCn2ccnc2)C1=O. The lowest BCUT2D eigenvalue weighted by Gasteiger charge is -2.32. The number of likely N-dealkylation sites (tertiary alicyclic amines) is 1. The molecule has 0 spiro atoms. The molecule has 2 heterocycles. The minimum atomic E-state index is 0.0107. The Labute approximate surface area is 95.5 Å². The molecule has 1 aromatic rings. The van der Waals surface area contributed by atoms with Crippen molar-refractivity contribution in [1.82, 2.24) is 19.8 Å². The van der Waals surface area contributed by atoms with Gasteiger partial charge >= 0.3 is 0 Å². The number of rotatable bonds is 4. The molecule has 5 nitrogen and oxygen atoms in total. The van der Waals surface area contributed by atoms with Crippen LogP contribution in [0.4, 0.5) is 0 Å². The third-order valence-electron chi connectivity index (χ3n) is 3.07. The lowest BCUT2D eigenvalue weighted by molar-refractivity contribution is -0.135. The van der Waals surface area contributed by atoms with Gasteiger partial charge in [-0.25, -0.2) is 4.98 Å². The highest BCUT2D eigenvalue weighted by molar-refractivity contribution is 5.82. The fourth-order valence-electron chi connectivity index (χ4n) is 2.09. The average molecular weight is 222 g/mol. The maximum atomic E-state index is 12.0. The lowest BCUT2D eigenvalue weighted by Crippen LogP contribution is -2.50. The predicted octanol–water partition coefficient (Wildman–Crippen LogP) is 0.0935. The first kappa shape index (κ1) is 11.1. The summed E-state index contributed by atoms with van der Waals surface area (Å²) in [4.78, 5) is 17.9. The van der Waals surface area contributed by atoms with E-state index in [1.54, 1.807) is 12.5 Å². The molecule has 1 aliphatic heterocycles. The molecule has 1 aromatic heterocycles. The predicted molar refractivity (Wildman–Crippen MR) is 60.9 cm³/mol. The zero-order chi connectivity index (χ0) is 11.4. The van der Waals surface area contributed by atoms with E-state index >= 15 is 0 Å². The van der Waals surface area contributed by atoms with E-state index in [-0.39, 0.29) is 11.9 Å². The summed E-state index contributed by atoms with van der Waals surface area (Å²) in [6.45, 7) is 2.47. The number of amides is 1. The Morgan fingerprint density at radius 1 is 1.56 bits per heavy atom. The van der Waals surface area contributed by atoms with E-state index < -0.39 is 0 Å². The molecule has 0 radical (unpaired) electrons. The molecule has 1 saturated heterocycles. The first-order chi connectivity index (χ1) is 7.81. The number of piperidine rings is 1. The zero-order valence-corrected chi connectivity index (χ0v) is 9.59. The third kappa shape index (κ3) is 2.41. The standard InChI is InChI=1S/C11H18N4O/c1-12-10-3-2-5-15(11(10)16)8-7-14-6-4-13-9-14/h4,6,9-10,12H,2-3,5,7-8H2,1H3. The van der Waals surface area contributed by atoms with E-state index in [4.69, 9.17) is 0 Å². The third-order valence-corrected chi connectivity index (χ3v) is 3.07. The summed E-state index contributed by atoms with van der Waals surface area (Å²) < 4.78 is 2.00. The molecule has 1 aliphatic rings. The van der Waals surface area contributed by atoms with Crippen molar-refractivity contribution in [3.05, 3.63) is 18.7 Å². The molecule has 1 unspecified atom stereocenters. The number of nitrogens with one attached hydrogen (secondary N) is 1. The Morgan fingerprint density at radius 3 is 3.12 bits per heavy atom. The van der Waals surface area contributed by atoms with Crippen molar-refractivity contribution in [2.24, 2.45) is 0 Å². The number of carbonyl (C=O) groups is 1. The zero-order valence-electron chi connectivity index (χ0n) is 9.59. The summed E-state index contributed by atoms with van der Waals surface area (Å²) in [7, 11) is 1.85. The maximum absolute atomic E-state index is 12.0. The van der Waals surface area contributed by atoms with E-state index in [0.29, 0.717) is 0 Å². The minimum absolute atomic E-state index is 0.0107. The highest BCUT2D eigenvalue weighted by atomic mass is 16.2. The normalized spacial score (nSPS) is 21.4. The largest absolute Gasteiger partial charge is 0.340 e. The van der Waals surface area contributed by atoms with Crippen LogP contribution in [-0.2, 0) is 11.3 Å². The van der Waals surface area contributed by atoms with Crippen molar-refractivity contribution < 1.29 is 4.79 Å². The minimum Gasteiger partial charge on any atom is -0.340 e. The molecule has 0 aromatic carbocycles. The van der Waals surface area contributed by atoms with E-state index in [1.807, 2.05) is 22.7 Å². The lowest BCUT2D eigenvalue weighted by atomic mass is 10.1. The number of aromatic nitrogens is 2. The van der Waals surface area contributed by atoms with Crippen LogP contribution >= 0.6 is 0 Å². The highest BCUT2D eigenvalue weighted by Crippen LogP contribution is 2.11. The Kier molecular flexibility index (Phi) is 3.56. The number of imidazole rings is 1. The van der Waals surface area contributed by atoms with Gasteiger partial charge < -0.3 is 14.8 Å². The smallest absolute Gasteiger partial charge is 0.239 e. The van der Waals surface area contributed by atoms with Crippen LogP contribution in [0.25, 0.3) is 0 Å². The van der Waals surface area contributed by atoms with Crippen molar-refractivity contribution in [2.45, 2.75) is 25.4 Å². The second-order valence-electron chi connectivity index (χ2n) is 4.11. The molecule has 2 rings (SSSR count). The first-order valence-corrected chi connectivity index (χ1v) is 5.73.